The standard InChI is InChI=1S/C25H27N3O6/c1-2-9-21(30)27-14-19-22(26-20(29)16-33-18-12-7-4-8-13-18)24(31)28(19)23(27)25(32)34-15-17-10-5-3-6-11-17/h3-8,10-13,19,22-23H,2,9,14-16H2,1H3,(H,26,29)/t19?,22-,23?/m0/s1. The van der Waals surface area contributed by atoms with Crippen LogP contribution in [-0.2, 0) is 30.5 Å². The van der Waals surface area contributed by atoms with E-state index >= 15 is 0 Å². The molecule has 34 heavy (non-hydrogen) atoms. The Labute approximate surface area is 197 Å². The lowest BCUT2D eigenvalue weighted by Gasteiger charge is -2.43. The first-order valence-corrected chi connectivity index (χ1v) is 11.3. The van der Waals surface area contributed by atoms with Crippen molar-refractivity contribution in [1.82, 2.24) is 15.1 Å². The van der Waals surface area contributed by atoms with Crippen molar-refractivity contribution in [3.8, 4) is 5.75 Å². The minimum atomic E-state index is -1.13. The smallest absolute Gasteiger partial charge is 0.350 e. The summed E-state index contributed by atoms with van der Waals surface area (Å²) in [6.45, 7) is 1.81. The van der Waals surface area contributed by atoms with Crippen molar-refractivity contribution in [2.45, 2.75) is 44.6 Å². The average molecular weight is 466 g/mol. The van der Waals surface area contributed by atoms with Crippen LogP contribution >= 0.6 is 0 Å². The van der Waals surface area contributed by atoms with Crippen LogP contribution in [0.4, 0.5) is 0 Å². The summed E-state index contributed by atoms with van der Waals surface area (Å²) in [5.41, 5.74) is 0.801. The molecule has 2 saturated heterocycles. The molecule has 0 aromatic heterocycles. The summed E-state index contributed by atoms with van der Waals surface area (Å²) in [7, 11) is 0. The molecule has 2 aliphatic heterocycles. The summed E-state index contributed by atoms with van der Waals surface area (Å²) in [5.74, 6) is -1.24. The number of ether oxygens (including phenoxy) is 2. The summed E-state index contributed by atoms with van der Waals surface area (Å²) < 4.78 is 10.9. The van der Waals surface area contributed by atoms with Crippen LogP contribution in [0.25, 0.3) is 0 Å². The van der Waals surface area contributed by atoms with Crippen molar-refractivity contribution >= 4 is 23.7 Å². The van der Waals surface area contributed by atoms with E-state index in [1.54, 1.807) is 24.3 Å². The van der Waals surface area contributed by atoms with Gasteiger partial charge in [0.05, 0.1) is 6.04 Å². The number of β-lactam (4-membered cyclic amide) rings is 1. The second kappa shape index (κ2) is 10.4. The topological polar surface area (TPSA) is 105 Å². The third-order valence-electron chi connectivity index (χ3n) is 5.85. The van der Waals surface area contributed by atoms with Crippen molar-refractivity contribution in [1.29, 1.82) is 0 Å². The van der Waals surface area contributed by atoms with E-state index in [2.05, 4.69) is 5.32 Å². The minimum absolute atomic E-state index is 0.0374. The van der Waals surface area contributed by atoms with E-state index in [1.165, 1.54) is 9.80 Å². The van der Waals surface area contributed by atoms with Crippen LogP contribution in [0.5, 0.6) is 5.75 Å². The van der Waals surface area contributed by atoms with E-state index in [4.69, 9.17) is 9.47 Å². The number of para-hydroxylation sites is 1. The highest BCUT2D eigenvalue weighted by Crippen LogP contribution is 2.34. The molecule has 0 spiro atoms. The zero-order chi connectivity index (χ0) is 24.1. The summed E-state index contributed by atoms with van der Waals surface area (Å²) in [6.07, 6.45) is -0.274. The number of hydrogen-bond donors (Lipinski definition) is 1. The van der Waals surface area contributed by atoms with Crippen molar-refractivity contribution in [3.05, 3.63) is 66.2 Å². The molecule has 3 amide bonds. The molecular weight excluding hydrogens is 438 g/mol. The Morgan fingerprint density at radius 2 is 1.71 bits per heavy atom. The zero-order valence-electron chi connectivity index (χ0n) is 18.9. The number of amides is 3. The Balaban J connectivity index is 1.40. The fraction of sp³-hybridized carbons (Fsp3) is 0.360. The molecule has 2 heterocycles. The van der Waals surface area contributed by atoms with Gasteiger partial charge in [0, 0.05) is 13.0 Å². The third kappa shape index (κ3) is 4.88. The highest BCUT2D eigenvalue weighted by molar-refractivity contribution is 5.99. The monoisotopic (exact) mass is 465 g/mol. The maximum Gasteiger partial charge on any atom is 0.350 e. The van der Waals surface area contributed by atoms with E-state index in [-0.39, 0.29) is 32.1 Å². The third-order valence-corrected chi connectivity index (χ3v) is 5.85. The predicted molar refractivity (Wildman–Crippen MR) is 121 cm³/mol. The quantitative estimate of drug-likeness (QED) is 0.444. The number of benzene rings is 2. The van der Waals surface area contributed by atoms with Crippen molar-refractivity contribution in [2.24, 2.45) is 0 Å². The number of carbonyl (C=O) groups excluding carboxylic acids is 4. The van der Waals surface area contributed by atoms with Gasteiger partial charge in [-0.2, -0.15) is 0 Å². The van der Waals surface area contributed by atoms with Gasteiger partial charge in [-0.1, -0.05) is 55.5 Å². The first kappa shape index (κ1) is 23.3. The second-order valence-corrected chi connectivity index (χ2v) is 8.22. The molecule has 0 radical (unpaired) electrons. The molecule has 9 nitrogen and oxygen atoms in total. The molecule has 2 fully saturated rings. The molecule has 2 aliphatic rings. The normalized spacial score (nSPS) is 20.9. The number of nitrogens with one attached hydrogen (secondary N) is 1. The van der Waals surface area contributed by atoms with Crippen molar-refractivity contribution in [2.75, 3.05) is 13.2 Å². The van der Waals surface area contributed by atoms with Gasteiger partial charge in [-0.05, 0) is 24.1 Å². The molecule has 178 valence electrons. The first-order valence-electron chi connectivity index (χ1n) is 11.3. The van der Waals surface area contributed by atoms with E-state index in [0.717, 1.165) is 5.56 Å². The molecule has 0 bridgehead atoms. The average Bonchev–Trinajstić information content (AvgIpc) is 3.22. The molecule has 4 rings (SSSR count). The lowest BCUT2D eigenvalue weighted by atomic mass is 9.96. The van der Waals surface area contributed by atoms with Gasteiger partial charge in [0.25, 0.3) is 5.91 Å². The molecule has 2 unspecified atom stereocenters. The molecule has 9 heteroatoms. The molecule has 3 atom stereocenters. The largest absolute Gasteiger partial charge is 0.484 e. The predicted octanol–water partition coefficient (Wildman–Crippen LogP) is 1.47. The molecule has 0 saturated carbocycles. The highest BCUT2D eigenvalue weighted by Gasteiger charge is 2.61. The number of nitrogens with zero attached hydrogens (tertiary/aromatic N) is 2. The SMILES string of the molecule is CCCC(=O)N1CC2[C@H](NC(=O)COc3ccccc3)C(=O)N2C1C(=O)OCc1ccccc1. The number of rotatable bonds is 9. The Hall–Kier alpha value is -3.88. The lowest BCUT2D eigenvalue weighted by molar-refractivity contribution is -0.170. The second-order valence-electron chi connectivity index (χ2n) is 8.22. The van der Waals surface area contributed by atoms with Crippen LogP contribution in [-0.4, -0.2) is 64.9 Å². The first-order chi connectivity index (χ1) is 16.5. The zero-order valence-corrected chi connectivity index (χ0v) is 18.9. The van der Waals surface area contributed by atoms with Gasteiger partial charge in [-0.3, -0.25) is 14.4 Å². The molecule has 2 aromatic carbocycles. The number of esters is 1. The number of hydrogen-bond acceptors (Lipinski definition) is 6. The maximum absolute atomic E-state index is 12.9. The molecule has 0 aliphatic carbocycles. The number of fused-ring (bicyclic) bond motifs is 1. The fourth-order valence-electron chi connectivity index (χ4n) is 4.19. The Kier molecular flexibility index (Phi) is 7.10. The van der Waals surface area contributed by atoms with E-state index in [9.17, 15) is 19.2 Å². The highest BCUT2D eigenvalue weighted by atomic mass is 16.5. The Bertz CT molecular complexity index is 1050. The van der Waals surface area contributed by atoms with Gasteiger partial charge >= 0.3 is 5.97 Å². The van der Waals surface area contributed by atoms with Crippen molar-refractivity contribution < 1.29 is 28.7 Å². The van der Waals surface area contributed by atoms with E-state index in [0.29, 0.717) is 12.2 Å². The lowest BCUT2D eigenvalue weighted by Crippen LogP contribution is -2.71. The summed E-state index contributed by atoms with van der Waals surface area (Å²) >= 11 is 0. The molecule has 2 aromatic rings. The molecule has 1 N–H and O–H groups in total. The van der Waals surface area contributed by atoms with Gasteiger partial charge in [-0.15, -0.1) is 0 Å². The van der Waals surface area contributed by atoms with Crippen LogP contribution in [0, 0.1) is 0 Å². The summed E-state index contributed by atoms with van der Waals surface area (Å²) in [5, 5.41) is 2.67. The Morgan fingerprint density at radius 1 is 1.03 bits per heavy atom. The van der Waals surface area contributed by atoms with Crippen LogP contribution in [0.1, 0.15) is 25.3 Å². The van der Waals surface area contributed by atoms with E-state index in [1.807, 2.05) is 43.3 Å². The van der Waals surface area contributed by atoms with Gasteiger partial charge in [-0.25, -0.2) is 4.79 Å². The molecular formula is C25H27N3O6. The van der Waals surface area contributed by atoms with Gasteiger partial charge in [0.15, 0.2) is 6.61 Å². The summed E-state index contributed by atoms with van der Waals surface area (Å²) in [4.78, 5) is 53.6. The van der Waals surface area contributed by atoms with Gasteiger partial charge in [0.2, 0.25) is 18.0 Å². The van der Waals surface area contributed by atoms with Crippen LogP contribution in [0.15, 0.2) is 60.7 Å². The number of carbonyl (C=O) groups is 4. The van der Waals surface area contributed by atoms with Crippen molar-refractivity contribution in [3.63, 3.8) is 0 Å². The fourth-order valence-corrected chi connectivity index (χ4v) is 4.19. The van der Waals surface area contributed by atoms with E-state index < -0.39 is 36.0 Å². The summed E-state index contributed by atoms with van der Waals surface area (Å²) in [6, 6.07) is 16.7. The Morgan fingerprint density at radius 3 is 2.38 bits per heavy atom. The van der Waals surface area contributed by atoms with Crippen LogP contribution < -0.4 is 10.1 Å². The van der Waals surface area contributed by atoms with Gasteiger partial charge < -0.3 is 24.6 Å². The minimum Gasteiger partial charge on any atom is -0.484 e. The maximum atomic E-state index is 12.9. The van der Waals surface area contributed by atoms with Crippen LogP contribution in [0.2, 0.25) is 0 Å². The van der Waals surface area contributed by atoms with Gasteiger partial charge in [0.1, 0.15) is 18.4 Å². The van der Waals surface area contributed by atoms with Crippen LogP contribution in [0.3, 0.4) is 0 Å².